The number of ether oxygens (including phenoxy) is 2. The van der Waals surface area contributed by atoms with Gasteiger partial charge in [0.2, 0.25) is 0 Å². The van der Waals surface area contributed by atoms with E-state index in [0.29, 0.717) is 35.8 Å². The van der Waals surface area contributed by atoms with Crippen LogP contribution in [0.2, 0.25) is 6.04 Å². The van der Waals surface area contributed by atoms with E-state index in [1.165, 1.54) is 24.0 Å². The van der Waals surface area contributed by atoms with Crippen molar-refractivity contribution in [2.24, 2.45) is 5.92 Å². The second-order valence-corrected chi connectivity index (χ2v) is 11.7. The lowest BCUT2D eigenvalue weighted by atomic mass is 10.0. The highest BCUT2D eigenvalue weighted by molar-refractivity contribution is 6.39. The van der Waals surface area contributed by atoms with Crippen molar-refractivity contribution in [3.8, 4) is 0 Å². The third-order valence-corrected chi connectivity index (χ3v) is 8.64. The summed E-state index contributed by atoms with van der Waals surface area (Å²) in [5.41, 5.74) is 4.26. The van der Waals surface area contributed by atoms with Crippen LogP contribution in [0.3, 0.4) is 0 Å². The molecule has 5 heteroatoms. The van der Waals surface area contributed by atoms with Gasteiger partial charge in [-0.2, -0.15) is 0 Å². The van der Waals surface area contributed by atoms with Gasteiger partial charge in [-0.25, -0.2) is 9.59 Å². The van der Waals surface area contributed by atoms with Gasteiger partial charge in [-0.3, -0.25) is 0 Å². The zero-order valence-corrected chi connectivity index (χ0v) is 24.8. The van der Waals surface area contributed by atoms with Crippen molar-refractivity contribution in [3.63, 3.8) is 0 Å². The van der Waals surface area contributed by atoms with Crippen LogP contribution in [0.4, 0.5) is 0 Å². The molecule has 202 valence electrons. The number of carbonyl (C=O) groups excluding carboxylic acids is 2. The van der Waals surface area contributed by atoms with Crippen LogP contribution >= 0.6 is 0 Å². The third kappa shape index (κ3) is 13.8. The Hall–Kier alpha value is -2.92. The van der Waals surface area contributed by atoms with E-state index in [0.717, 1.165) is 25.3 Å². The molecule has 0 radical (unpaired) electrons. The van der Waals surface area contributed by atoms with Crippen molar-refractivity contribution in [2.75, 3.05) is 13.2 Å². The van der Waals surface area contributed by atoms with Gasteiger partial charge in [-0.15, -0.1) is 0 Å². The molecule has 0 fully saturated rings. The molecule has 0 heterocycles. The van der Waals surface area contributed by atoms with Crippen molar-refractivity contribution < 1.29 is 19.1 Å². The van der Waals surface area contributed by atoms with Gasteiger partial charge in [0.25, 0.3) is 0 Å². The lowest BCUT2D eigenvalue weighted by Gasteiger charge is -2.17. The number of hydrogen-bond donors (Lipinski definition) is 0. The van der Waals surface area contributed by atoms with Gasteiger partial charge in [0.15, 0.2) is 0 Å². The van der Waals surface area contributed by atoms with E-state index >= 15 is 0 Å². The quantitative estimate of drug-likeness (QED) is 0.107. The molecule has 1 unspecified atom stereocenters. The van der Waals surface area contributed by atoms with Crippen LogP contribution in [-0.2, 0) is 19.1 Å². The smallest absolute Gasteiger partial charge is 0.333 e. The van der Waals surface area contributed by atoms with Gasteiger partial charge in [0, 0.05) is 20.7 Å². The predicted octanol–water partition coefficient (Wildman–Crippen LogP) is 7.19. The summed E-state index contributed by atoms with van der Waals surface area (Å²) in [5, 5.41) is 0. The summed E-state index contributed by atoms with van der Waals surface area (Å²) >= 11 is 0. The molecule has 0 N–H and O–H groups in total. The van der Waals surface area contributed by atoms with Crippen molar-refractivity contribution in [1.82, 2.24) is 0 Å². The first-order valence-corrected chi connectivity index (χ1v) is 15.4. The van der Waals surface area contributed by atoms with E-state index in [4.69, 9.17) is 9.47 Å². The van der Waals surface area contributed by atoms with E-state index in [9.17, 15) is 9.59 Å². The van der Waals surface area contributed by atoms with Crippen molar-refractivity contribution in [2.45, 2.75) is 71.4 Å². The SMILES string of the molecule is C=C(C)C(=O)OCC(CC)CCCC.C=C(C)C(=O)OCCC[SiH2]C(c1ccccc1)c1ccccc1. The van der Waals surface area contributed by atoms with Crippen molar-refractivity contribution >= 4 is 21.5 Å². The molecule has 0 saturated carbocycles. The molecule has 0 saturated heterocycles. The minimum Gasteiger partial charge on any atom is -0.462 e. The second-order valence-electron chi connectivity index (χ2n) is 9.58. The summed E-state index contributed by atoms with van der Waals surface area (Å²) in [4.78, 5) is 22.5. The highest BCUT2D eigenvalue weighted by Crippen LogP contribution is 2.24. The van der Waals surface area contributed by atoms with Gasteiger partial charge in [0.1, 0.15) is 0 Å². The molecule has 0 spiro atoms. The van der Waals surface area contributed by atoms with E-state index in [1.54, 1.807) is 13.8 Å². The summed E-state index contributed by atoms with van der Waals surface area (Å²) in [6, 6.07) is 22.5. The third-order valence-electron chi connectivity index (χ3n) is 6.21. The average molecular weight is 523 g/mol. The Kier molecular flexibility index (Phi) is 16.7. The lowest BCUT2D eigenvalue weighted by Crippen LogP contribution is -2.14. The number of rotatable bonds is 15. The average Bonchev–Trinajstić information content (AvgIpc) is 2.91. The second kappa shape index (κ2) is 19.2. The highest BCUT2D eigenvalue weighted by Gasteiger charge is 2.14. The molecule has 0 amide bonds. The standard InChI is InChI=1S/C20H24O2Si.C12H22O2/c1-16(2)20(21)22-14-9-15-23-19(17-10-5-3-6-11-17)18-12-7-4-8-13-18;1-5-7-8-11(6-2)9-14-12(13)10(3)4/h3-8,10-13,19H,1,9,14-15,23H2,2H3;11H,3,5-9H2,1-2,4H3. The topological polar surface area (TPSA) is 52.6 Å². The summed E-state index contributed by atoms with van der Waals surface area (Å²) in [6.07, 6.45) is 5.56. The zero-order valence-electron chi connectivity index (χ0n) is 23.3. The fraction of sp³-hybridized carbons (Fsp3) is 0.438. The predicted molar refractivity (Wildman–Crippen MR) is 158 cm³/mol. The molecule has 1 atom stereocenters. The summed E-state index contributed by atoms with van der Waals surface area (Å²) in [6.45, 7) is 15.8. The van der Waals surface area contributed by atoms with Crippen LogP contribution in [0, 0.1) is 5.92 Å². The van der Waals surface area contributed by atoms with Gasteiger partial charge >= 0.3 is 11.9 Å². The Morgan fingerprint density at radius 3 is 1.78 bits per heavy atom. The Morgan fingerprint density at radius 2 is 1.32 bits per heavy atom. The van der Waals surface area contributed by atoms with Crippen LogP contribution in [-0.4, -0.2) is 34.7 Å². The molecule has 2 rings (SSSR count). The Labute approximate surface area is 227 Å². The largest absolute Gasteiger partial charge is 0.462 e. The molecule has 37 heavy (non-hydrogen) atoms. The number of benzene rings is 2. The van der Waals surface area contributed by atoms with Crippen LogP contribution in [0.5, 0.6) is 0 Å². The van der Waals surface area contributed by atoms with E-state index < -0.39 is 0 Å². The maximum absolute atomic E-state index is 11.4. The number of unbranched alkanes of at least 4 members (excludes halogenated alkanes) is 1. The number of hydrogen-bond acceptors (Lipinski definition) is 4. The first kappa shape index (κ1) is 32.1. The van der Waals surface area contributed by atoms with Gasteiger partial charge < -0.3 is 9.47 Å². The normalized spacial score (nSPS) is 11.5. The molecule has 0 aliphatic carbocycles. The van der Waals surface area contributed by atoms with Gasteiger partial charge in [-0.05, 0) is 49.3 Å². The van der Waals surface area contributed by atoms with E-state index in [1.807, 2.05) is 0 Å². The molecule has 0 aliphatic rings. The Balaban J connectivity index is 0.000000422. The molecule has 2 aromatic rings. The van der Waals surface area contributed by atoms with E-state index in [2.05, 4.69) is 87.7 Å². The monoisotopic (exact) mass is 522 g/mol. The molecule has 4 nitrogen and oxygen atoms in total. The Morgan fingerprint density at radius 1 is 0.811 bits per heavy atom. The summed E-state index contributed by atoms with van der Waals surface area (Å²) in [5.74, 6) is -0.0347. The van der Waals surface area contributed by atoms with Crippen molar-refractivity contribution in [1.29, 1.82) is 0 Å². The number of carbonyl (C=O) groups is 2. The fourth-order valence-electron chi connectivity index (χ4n) is 3.85. The zero-order chi connectivity index (χ0) is 27.5. The highest BCUT2D eigenvalue weighted by atomic mass is 28.2. The molecular formula is C32H46O4Si. The minimum absolute atomic E-state index is 0.264. The minimum atomic E-state index is -0.349. The molecule has 0 aliphatic heterocycles. The van der Waals surface area contributed by atoms with Crippen molar-refractivity contribution in [3.05, 3.63) is 96.1 Å². The fourth-order valence-corrected chi connectivity index (χ4v) is 5.96. The maximum atomic E-state index is 11.4. The van der Waals surface area contributed by atoms with Crippen LogP contribution in [0.15, 0.2) is 85.0 Å². The number of esters is 2. The maximum Gasteiger partial charge on any atom is 0.333 e. The molecule has 0 bridgehead atoms. The summed E-state index contributed by atoms with van der Waals surface area (Å²) < 4.78 is 10.3. The first-order valence-electron chi connectivity index (χ1n) is 13.5. The molecule has 0 aromatic heterocycles. The van der Waals surface area contributed by atoms with Gasteiger partial charge in [-0.1, -0.05) is 113 Å². The van der Waals surface area contributed by atoms with Gasteiger partial charge in [0.05, 0.1) is 13.2 Å². The molecular weight excluding hydrogens is 476 g/mol. The van der Waals surface area contributed by atoms with E-state index in [-0.39, 0.29) is 21.5 Å². The first-order chi connectivity index (χ1) is 17.8. The van der Waals surface area contributed by atoms with Crippen LogP contribution in [0.25, 0.3) is 0 Å². The van der Waals surface area contributed by atoms with Crippen LogP contribution < -0.4 is 0 Å². The van der Waals surface area contributed by atoms with Crippen LogP contribution in [0.1, 0.15) is 76.5 Å². The molecule has 2 aromatic carbocycles. The summed E-state index contributed by atoms with van der Waals surface area (Å²) in [7, 11) is -0.349. The lowest BCUT2D eigenvalue weighted by molar-refractivity contribution is -0.140. The Bertz CT molecular complexity index is 900.